The van der Waals surface area contributed by atoms with Crippen molar-refractivity contribution in [3.8, 4) is 0 Å². The molecule has 0 atom stereocenters. The second-order valence-corrected chi connectivity index (χ2v) is 7.95. The molecule has 0 bridgehead atoms. The zero-order chi connectivity index (χ0) is 11.0. The van der Waals surface area contributed by atoms with Crippen molar-refractivity contribution < 1.29 is 33.1 Å². The third kappa shape index (κ3) is 6.19. The molecule has 0 aromatic rings. The molecule has 0 saturated carbocycles. The first-order valence-electron chi connectivity index (χ1n) is 5.31. The summed E-state index contributed by atoms with van der Waals surface area (Å²) in [6, 6.07) is 3.11. The van der Waals surface area contributed by atoms with Crippen molar-refractivity contribution in [3.05, 3.63) is 12.2 Å². The molecule has 0 aliphatic heterocycles. The second kappa shape index (κ2) is 9.20. The molecule has 0 fully saturated rings. The average molecular weight is 224 g/mol. The van der Waals surface area contributed by atoms with Crippen LogP contribution in [0.5, 0.6) is 0 Å². The maximum Gasteiger partial charge on any atom is 1.00 e. The van der Waals surface area contributed by atoms with Crippen molar-refractivity contribution in [2.24, 2.45) is 0 Å². The van der Waals surface area contributed by atoms with Crippen molar-refractivity contribution in [2.75, 3.05) is 6.61 Å². The number of rotatable bonds is 7. The molecule has 0 aromatic heterocycles. The Bertz CT molecular complexity index is 173. The third-order valence-corrected chi connectivity index (χ3v) is 7.11. The Morgan fingerprint density at radius 3 is 1.93 bits per heavy atom. The topological polar surface area (TPSA) is 41.5 Å². The fourth-order valence-corrected chi connectivity index (χ4v) is 3.70. The van der Waals surface area contributed by atoms with E-state index in [2.05, 4.69) is 20.8 Å². The van der Waals surface area contributed by atoms with E-state index >= 15 is 0 Å². The van der Waals surface area contributed by atoms with Gasteiger partial charge in [-0.2, -0.15) is 0 Å². The fraction of sp³-hybridized carbons (Fsp3) is 0.800. The quantitative estimate of drug-likeness (QED) is 0.420. The van der Waals surface area contributed by atoms with E-state index in [1.807, 2.05) is 0 Å². The van der Waals surface area contributed by atoms with Crippen LogP contribution in [0.2, 0.25) is 18.1 Å². The van der Waals surface area contributed by atoms with Gasteiger partial charge in [0.25, 0.3) is 0 Å². The van der Waals surface area contributed by atoms with Gasteiger partial charge in [-0.15, -0.1) is 0 Å². The Morgan fingerprint density at radius 2 is 1.60 bits per heavy atom. The summed E-state index contributed by atoms with van der Waals surface area (Å²) in [6.45, 7) is 8.56. The van der Waals surface area contributed by atoms with Gasteiger partial charge >= 0.3 is 18.9 Å². The molecule has 0 aliphatic rings. The first kappa shape index (κ1) is 17.4. The molecule has 15 heavy (non-hydrogen) atoms. The molecule has 0 rings (SSSR count). The Hall–Kier alpha value is -0.0457. The van der Waals surface area contributed by atoms with Gasteiger partial charge in [0.1, 0.15) is 0 Å². The van der Waals surface area contributed by atoms with Crippen molar-refractivity contribution >= 4 is 8.32 Å². The van der Waals surface area contributed by atoms with E-state index in [1.54, 1.807) is 6.92 Å². The minimum Gasteiger partial charge on any atom is -0.612 e. The van der Waals surface area contributed by atoms with Gasteiger partial charge in [-0.1, -0.05) is 27.7 Å². The number of hydrogen-bond donors (Lipinski definition) is 0. The summed E-state index contributed by atoms with van der Waals surface area (Å²) in [4.78, 5) is 0. The fourth-order valence-electron chi connectivity index (χ4n) is 1.35. The summed E-state index contributed by atoms with van der Waals surface area (Å²) >= 11 is 0. The smallest absolute Gasteiger partial charge is 0.612 e. The van der Waals surface area contributed by atoms with Gasteiger partial charge in [-0.3, -0.25) is 0 Å². The van der Waals surface area contributed by atoms with Gasteiger partial charge in [-0.25, -0.2) is 0 Å². The standard InChI is InChI=1S/C10H22O3Si.Li/c1-5-12-10(11)9-13-14(6-2,7-3)8-4;/h9,11H,5-8H2,1-4H3;/q;+1/p-1/b10-9-;. The van der Waals surface area contributed by atoms with Crippen molar-refractivity contribution in [1.29, 1.82) is 0 Å². The van der Waals surface area contributed by atoms with Crippen LogP contribution < -0.4 is 24.0 Å². The van der Waals surface area contributed by atoms with Gasteiger partial charge in [0.2, 0.25) is 8.32 Å². The predicted octanol–water partition coefficient (Wildman–Crippen LogP) is -0.792. The summed E-state index contributed by atoms with van der Waals surface area (Å²) < 4.78 is 10.4. The Labute approximate surface area is 106 Å². The van der Waals surface area contributed by atoms with Crippen LogP contribution in [0.25, 0.3) is 0 Å². The molecule has 3 nitrogen and oxygen atoms in total. The largest absolute Gasteiger partial charge is 1.00 e. The van der Waals surface area contributed by atoms with E-state index in [1.165, 1.54) is 6.26 Å². The zero-order valence-electron chi connectivity index (χ0n) is 10.6. The molecule has 0 aromatic carbocycles. The van der Waals surface area contributed by atoms with Crippen LogP contribution >= 0.6 is 0 Å². The maximum absolute atomic E-state index is 11.1. The van der Waals surface area contributed by atoms with Gasteiger partial charge in [0.15, 0.2) is 0 Å². The molecule has 0 saturated heterocycles. The molecule has 0 unspecified atom stereocenters. The van der Waals surface area contributed by atoms with Crippen LogP contribution in [0.15, 0.2) is 12.2 Å². The molecule has 0 heterocycles. The third-order valence-electron chi connectivity index (χ3n) is 2.62. The summed E-state index contributed by atoms with van der Waals surface area (Å²) in [5.41, 5.74) is 0. The molecule has 0 N–H and O–H groups in total. The maximum atomic E-state index is 11.1. The zero-order valence-corrected chi connectivity index (χ0v) is 11.6. The first-order valence-corrected chi connectivity index (χ1v) is 7.84. The molecule has 0 spiro atoms. The van der Waals surface area contributed by atoms with E-state index < -0.39 is 8.32 Å². The van der Waals surface area contributed by atoms with Crippen molar-refractivity contribution in [2.45, 2.75) is 45.8 Å². The molecular formula is C10H21LiO3Si. The summed E-state index contributed by atoms with van der Waals surface area (Å²) in [5.74, 6) is -0.361. The normalized spacial score (nSPS) is 11.9. The summed E-state index contributed by atoms with van der Waals surface area (Å²) in [5, 5.41) is 11.1. The Kier molecular flexibility index (Phi) is 10.6. The van der Waals surface area contributed by atoms with Crippen LogP contribution in [-0.4, -0.2) is 14.9 Å². The number of hydrogen-bond acceptors (Lipinski definition) is 3. The van der Waals surface area contributed by atoms with Crippen LogP contribution in [0, 0.1) is 0 Å². The predicted molar refractivity (Wildman–Crippen MR) is 58.0 cm³/mol. The van der Waals surface area contributed by atoms with Crippen LogP contribution in [-0.2, 0) is 9.16 Å². The molecule has 0 amide bonds. The van der Waals surface area contributed by atoms with E-state index in [-0.39, 0.29) is 24.8 Å². The van der Waals surface area contributed by atoms with Gasteiger partial charge in [0.05, 0.1) is 12.2 Å². The molecule has 84 valence electrons. The van der Waals surface area contributed by atoms with E-state index in [0.717, 1.165) is 18.1 Å². The molecule has 5 heteroatoms. The SMILES string of the molecule is CCO/C([O-])=C\O[Si](CC)(CC)CC.[Li+]. The van der Waals surface area contributed by atoms with E-state index in [0.29, 0.717) is 6.61 Å². The first-order chi connectivity index (χ1) is 6.64. The van der Waals surface area contributed by atoms with Gasteiger partial charge < -0.3 is 14.3 Å². The second-order valence-electron chi connectivity index (χ2n) is 3.23. The van der Waals surface area contributed by atoms with Crippen LogP contribution in [0.3, 0.4) is 0 Å². The van der Waals surface area contributed by atoms with E-state index in [4.69, 9.17) is 9.16 Å². The number of ether oxygens (including phenoxy) is 1. The average Bonchev–Trinajstić information content (AvgIpc) is 2.21. The van der Waals surface area contributed by atoms with Gasteiger partial charge in [0, 0.05) is 0 Å². The van der Waals surface area contributed by atoms with Crippen LogP contribution in [0.1, 0.15) is 27.7 Å². The van der Waals surface area contributed by atoms with Crippen LogP contribution in [0.4, 0.5) is 0 Å². The summed E-state index contributed by atoms with van der Waals surface area (Å²) in [6.07, 6.45) is 1.26. The van der Waals surface area contributed by atoms with Crippen molar-refractivity contribution in [3.63, 3.8) is 0 Å². The Morgan fingerprint density at radius 1 is 1.13 bits per heavy atom. The minimum absolute atomic E-state index is 0. The molecule has 0 radical (unpaired) electrons. The molecule has 0 aliphatic carbocycles. The monoisotopic (exact) mass is 224 g/mol. The molecular weight excluding hydrogens is 203 g/mol. The van der Waals surface area contributed by atoms with Gasteiger partial charge in [-0.05, 0) is 24.7 Å². The minimum atomic E-state index is -1.67. The van der Waals surface area contributed by atoms with E-state index in [9.17, 15) is 5.11 Å². The summed E-state index contributed by atoms with van der Waals surface area (Å²) in [7, 11) is -1.67. The Balaban J connectivity index is 0. The van der Waals surface area contributed by atoms with Crippen molar-refractivity contribution in [1.82, 2.24) is 0 Å².